The van der Waals surface area contributed by atoms with Gasteiger partial charge in [0, 0.05) is 30.9 Å². The molecule has 6 heteroatoms. The molecule has 3 rings (SSSR count). The van der Waals surface area contributed by atoms with Crippen LogP contribution in [0.3, 0.4) is 0 Å². The summed E-state index contributed by atoms with van der Waals surface area (Å²) in [5, 5.41) is 3.65. The Morgan fingerprint density at radius 3 is 2.60 bits per heavy atom. The Hall–Kier alpha value is -2.08. The maximum atomic E-state index is 12.3. The second-order valence-corrected chi connectivity index (χ2v) is 6.28. The highest BCUT2D eigenvalue weighted by atomic mass is 35.5. The van der Waals surface area contributed by atoms with Gasteiger partial charge in [-0.1, -0.05) is 29.8 Å². The zero-order chi connectivity index (χ0) is 17.6. The number of urea groups is 1. The van der Waals surface area contributed by atoms with Gasteiger partial charge in [-0.2, -0.15) is 0 Å². The molecular weight excluding hydrogens is 340 g/mol. The van der Waals surface area contributed by atoms with E-state index in [0.717, 1.165) is 22.4 Å². The third-order valence-corrected chi connectivity index (χ3v) is 4.36. The van der Waals surface area contributed by atoms with Gasteiger partial charge in [-0.25, -0.2) is 4.79 Å². The van der Waals surface area contributed by atoms with E-state index in [0.29, 0.717) is 37.9 Å². The van der Waals surface area contributed by atoms with Crippen LogP contribution in [0.4, 0.5) is 10.5 Å². The standard InChI is InChI=1S/C19H21ClN2O3/c1-24-13-15-12-17(21-19(23)22-8-10-25-11-9-22)6-7-18(15)14-2-4-16(20)5-3-14/h2-7,12H,8-11,13H2,1H3,(H,21,23). The van der Waals surface area contributed by atoms with E-state index in [2.05, 4.69) is 5.32 Å². The van der Waals surface area contributed by atoms with Crippen LogP contribution in [0.25, 0.3) is 11.1 Å². The maximum absolute atomic E-state index is 12.3. The lowest BCUT2D eigenvalue weighted by molar-refractivity contribution is 0.0564. The molecule has 0 aromatic heterocycles. The maximum Gasteiger partial charge on any atom is 0.321 e. The molecule has 25 heavy (non-hydrogen) atoms. The van der Waals surface area contributed by atoms with Crippen LogP contribution in [-0.2, 0) is 16.1 Å². The van der Waals surface area contributed by atoms with Crippen molar-refractivity contribution in [3.63, 3.8) is 0 Å². The predicted molar refractivity (Wildman–Crippen MR) is 99.0 cm³/mol. The quantitative estimate of drug-likeness (QED) is 0.896. The molecule has 5 nitrogen and oxygen atoms in total. The molecule has 0 radical (unpaired) electrons. The number of anilines is 1. The molecule has 2 aromatic carbocycles. The molecule has 1 saturated heterocycles. The number of hydrogen-bond acceptors (Lipinski definition) is 3. The molecule has 1 aliphatic rings. The number of rotatable bonds is 4. The van der Waals surface area contributed by atoms with Crippen LogP contribution >= 0.6 is 11.6 Å². The van der Waals surface area contributed by atoms with Gasteiger partial charge in [-0.05, 0) is 41.0 Å². The molecule has 132 valence electrons. The highest BCUT2D eigenvalue weighted by molar-refractivity contribution is 6.30. The molecule has 1 heterocycles. The number of halogens is 1. The van der Waals surface area contributed by atoms with Gasteiger partial charge >= 0.3 is 6.03 Å². The monoisotopic (exact) mass is 360 g/mol. The van der Waals surface area contributed by atoms with Gasteiger partial charge in [-0.15, -0.1) is 0 Å². The van der Waals surface area contributed by atoms with Crippen molar-refractivity contribution < 1.29 is 14.3 Å². The highest BCUT2D eigenvalue weighted by Gasteiger charge is 2.17. The lowest BCUT2D eigenvalue weighted by Crippen LogP contribution is -2.43. The lowest BCUT2D eigenvalue weighted by Gasteiger charge is -2.27. The zero-order valence-electron chi connectivity index (χ0n) is 14.1. The summed E-state index contributed by atoms with van der Waals surface area (Å²) in [6, 6.07) is 13.4. The lowest BCUT2D eigenvalue weighted by atomic mass is 9.99. The SMILES string of the molecule is COCc1cc(NC(=O)N2CCOCC2)ccc1-c1ccc(Cl)cc1. The van der Waals surface area contributed by atoms with Crippen LogP contribution in [0.1, 0.15) is 5.56 Å². The number of nitrogens with zero attached hydrogens (tertiary/aromatic N) is 1. The first-order valence-corrected chi connectivity index (χ1v) is 8.56. The van der Waals surface area contributed by atoms with Crippen molar-refractivity contribution in [3.05, 3.63) is 53.1 Å². The van der Waals surface area contributed by atoms with Gasteiger partial charge in [0.05, 0.1) is 19.8 Å². The topological polar surface area (TPSA) is 50.8 Å². The van der Waals surface area contributed by atoms with Crippen LogP contribution in [0.2, 0.25) is 5.02 Å². The molecule has 0 unspecified atom stereocenters. The summed E-state index contributed by atoms with van der Waals surface area (Å²) in [6.45, 7) is 2.84. The molecule has 0 spiro atoms. The van der Waals surface area contributed by atoms with Crippen LogP contribution in [0.15, 0.2) is 42.5 Å². The minimum Gasteiger partial charge on any atom is -0.380 e. The van der Waals surface area contributed by atoms with Crippen molar-refractivity contribution in [1.82, 2.24) is 4.90 Å². The molecule has 0 bridgehead atoms. The van der Waals surface area contributed by atoms with Gasteiger partial charge < -0.3 is 19.7 Å². The number of nitrogens with one attached hydrogen (secondary N) is 1. The first-order chi connectivity index (χ1) is 12.2. The molecule has 2 amide bonds. The minimum atomic E-state index is -0.106. The number of morpholine rings is 1. The highest BCUT2D eigenvalue weighted by Crippen LogP contribution is 2.28. The third-order valence-electron chi connectivity index (χ3n) is 4.11. The van der Waals surface area contributed by atoms with Crippen molar-refractivity contribution in [3.8, 4) is 11.1 Å². The Labute approximate surface area is 152 Å². The van der Waals surface area contributed by atoms with Crippen molar-refractivity contribution in [2.45, 2.75) is 6.61 Å². The molecule has 2 aromatic rings. The van der Waals surface area contributed by atoms with E-state index in [1.165, 1.54) is 0 Å². The third kappa shape index (κ3) is 4.51. The Morgan fingerprint density at radius 1 is 1.20 bits per heavy atom. The number of benzene rings is 2. The number of carbonyl (C=O) groups is 1. The molecule has 0 aliphatic carbocycles. The Balaban J connectivity index is 1.80. The van der Waals surface area contributed by atoms with Gasteiger partial charge in [0.1, 0.15) is 0 Å². The van der Waals surface area contributed by atoms with Crippen molar-refractivity contribution in [2.24, 2.45) is 0 Å². The van der Waals surface area contributed by atoms with Crippen LogP contribution in [0, 0.1) is 0 Å². The average molecular weight is 361 g/mol. The van der Waals surface area contributed by atoms with E-state index in [9.17, 15) is 4.79 Å². The van der Waals surface area contributed by atoms with E-state index < -0.39 is 0 Å². The fourth-order valence-electron chi connectivity index (χ4n) is 2.83. The Kier molecular flexibility index (Phi) is 5.91. The summed E-state index contributed by atoms with van der Waals surface area (Å²) in [6.07, 6.45) is 0. The summed E-state index contributed by atoms with van der Waals surface area (Å²) >= 11 is 5.97. The summed E-state index contributed by atoms with van der Waals surface area (Å²) in [5.74, 6) is 0. The van der Waals surface area contributed by atoms with Gasteiger partial charge in [0.15, 0.2) is 0 Å². The van der Waals surface area contributed by atoms with E-state index in [-0.39, 0.29) is 6.03 Å². The molecule has 1 N–H and O–H groups in total. The second kappa shape index (κ2) is 8.34. The minimum absolute atomic E-state index is 0.106. The van der Waals surface area contributed by atoms with Gasteiger partial charge in [0.25, 0.3) is 0 Å². The van der Waals surface area contributed by atoms with Crippen molar-refractivity contribution >= 4 is 23.3 Å². The summed E-state index contributed by atoms with van der Waals surface area (Å²) in [5.41, 5.74) is 3.87. The predicted octanol–water partition coefficient (Wildman–Crippen LogP) is 4.02. The molecule has 1 aliphatic heterocycles. The van der Waals surface area contributed by atoms with Crippen LogP contribution in [0.5, 0.6) is 0 Å². The molecule has 0 atom stereocenters. The van der Waals surface area contributed by atoms with E-state index >= 15 is 0 Å². The average Bonchev–Trinajstić information content (AvgIpc) is 2.64. The van der Waals surface area contributed by atoms with Gasteiger partial charge in [-0.3, -0.25) is 0 Å². The zero-order valence-corrected chi connectivity index (χ0v) is 14.9. The van der Waals surface area contributed by atoms with Crippen LogP contribution in [-0.4, -0.2) is 44.3 Å². The number of amides is 2. The molecule has 1 fully saturated rings. The second-order valence-electron chi connectivity index (χ2n) is 5.84. The summed E-state index contributed by atoms with van der Waals surface area (Å²) in [4.78, 5) is 14.1. The van der Waals surface area contributed by atoms with Gasteiger partial charge in [0.2, 0.25) is 0 Å². The smallest absolute Gasteiger partial charge is 0.321 e. The van der Waals surface area contributed by atoms with Crippen LogP contribution < -0.4 is 5.32 Å². The Bertz CT molecular complexity index is 728. The van der Waals surface area contributed by atoms with E-state index in [1.54, 1.807) is 12.0 Å². The van der Waals surface area contributed by atoms with Crippen molar-refractivity contribution in [2.75, 3.05) is 38.7 Å². The summed E-state index contributed by atoms with van der Waals surface area (Å²) in [7, 11) is 1.66. The fourth-order valence-corrected chi connectivity index (χ4v) is 2.95. The number of hydrogen-bond donors (Lipinski definition) is 1. The molecular formula is C19H21ClN2O3. The number of ether oxygens (including phenoxy) is 2. The number of carbonyl (C=O) groups excluding carboxylic acids is 1. The Morgan fingerprint density at radius 2 is 1.92 bits per heavy atom. The molecule has 0 saturated carbocycles. The van der Waals surface area contributed by atoms with E-state index in [1.807, 2.05) is 42.5 Å². The first-order valence-electron chi connectivity index (χ1n) is 8.19. The largest absolute Gasteiger partial charge is 0.380 e. The normalized spacial score (nSPS) is 14.4. The first kappa shape index (κ1) is 17.7. The fraction of sp³-hybridized carbons (Fsp3) is 0.316. The van der Waals surface area contributed by atoms with Crippen molar-refractivity contribution in [1.29, 1.82) is 0 Å². The van der Waals surface area contributed by atoms with E-state index in [4.69, 9.17) is 21.1 Å². The number of methoxy groups -OCH3 is 1. The summed E-state index contributed by atoms with van der Waals surface area (Å²) < 4.78 is 10.6.